The normalized spacial score (nSPS) is 28.8. The first-order chi connectivity index (χ1) is 5.92. The van der Waals surface area contributed by atoms with Crippen LogP contribution in [0.3, 0.4) is 0 Å². The van der Waals surface area contributed by atoms with Crippen LogP contribution in [0.1, 0.15) is 45.4 Å². The molecule has 1 heteroatoms. The predicted octanol–water partition coefficient (Wildman–Crippen LogP) is 2.66. The van der Waals surface area contributed by atoms with Gasteiger partial charge in [-0.25, -0.2) is 0 Å². The fourth-order valence-electron chi connectivity index (χ4n) is 2.62. The van der Waals surface area contributed by atoms with E-state index in [4.69, 9.17) is 0 Å². The van der Waals surface area contributed by atoms with Crippen LogP contribution in [-0.4, -0.2) is 24.0 Å². The molecule has 1 aliphatic carbocycles. The molecule has 1 saturated carbocycles. The Bertz CT molecular complexity index is 134. The number of hydrogen-bond donors (Lipinski definition) is 0. The molecule has 70 valence electrons. The van der Waals surface area contributed by atoms with Gasteiger partial charge in [0.05, 0.1) is 0 Å². The first-order valence-electron chi connectivity index (χ1n) is 5.66. The van der Waals surface area contributed by atoms with E-state index in [2.05, 4.69) is 11.8 Å². The van der Waals surface area contributed by atoms with Crippen molar-refractivity contribution < 1.29 is 0 Å². The molecule has 0 aromatic heterocycles. The Balaban J connectivity index is 1.85. The van der Waals surface area contributed by atoms with Gasteiger partial charge in [0.1, 0.15) is 0 Å². The number of piperidine rings is 1. The number of rotatable bonds is 3. The summed E-state index contributed by atoms with van der Waals surface area (Å²) in [7, 11) is 0. The summed E-state index contributed by atoms with van der Waals surface area (Å²) in [6.07, 6.45) is 8.76. The van der Waals surface area contributed by atoms with E-state index in [1.165, 1.54) is 51.6 Å². The van der Waals surface area contributed by atoms with Gasteiger partial charge >= 0.3 is 0 Å². The first kappa shape index (κ1) is 8.55. The van der Waals surface area contributed by atoms with Crippen molar-refractivity contribution in [3.8, 4) is 0 Å². The highest BCUT2D eigenvalue weighted by Crippen LogP contribution is 2.37. The fourth-order valence-corrected chi connectivity index (χ4v) is 2.62. The molecule has 1 nitrogen and oxygen atoms in total. The SMILES string of the molecule is CCC(C1CC1)N1CCCCC1. The minimum atomic E-state index is 0.949. The third-order valence-electron chi connectivity index (χ3n) is 3.44. The number of likely N-dealkylation sites (tertiary alicyclic amines) is 1. The second-order valence-corrected chi connectivity index (χ2v) is 4.41. The quantitative estimate of drug-likeness (QED) is 0.624. The van der Waals surface area contributed by atoms with Gasteiger partial charge in [-0.2, -0.15) is 0 Å². The lowest BCUT2D eigenvalue weighted by atomic mass is 10.0. The van der Waals surface area contributed by atoms with E-state index < -0.39 is 0 Å². The summed E-state index contributed by atoms with van der Waals surface area (Å²) >= 11 is 0. The van der Waals surface area contributed by atoms with E-state index in [0.717, 1.165) is 12.0 Å². The zero-order chi connectivity index (χ0) is 8.39. The summed E-state index contributed by atoms with van der Waals surface area (Å²) < 4.78 is 0. The van der Waals surface area contributed by atoms with Crippen LogP contribution >= 0.6 is 0 Å². The summed E-state index contributed by atoms with van der Waals surface area (Å²) in [6.45, 7) is 5.13. The van der Waals surface area contributed by atoms with Crippen LogP contribution in [0.15, 0.2) is 0 Å². The first-order valence-corrected chi connectivity index (χ1v) is 5.66. The maximum Gasteiger partial charge on any atom is 0.0121 e. The Morgan fingerprint density at radius 2 is 1.83 bits per heavy atom. The van der Waals surface area contributed by atoms with Crippen molar-refractivity contribution in [3.05, 3.63) is 0 Å². The van der Waals surface area contributed by atoms with Gasteiger partial charge in [0.15, 0.2) is 0 Å². The Labute approximate surface area is 76.1 Å². The minimum absolute atomic E-state index is 0.949. The van der Waals surface area contributed by atoms with Crippen molar-refractivity contribution in [1.82, 2.24) is 4.90 Å². The minimum Gasteiger partial charge on any atom is -0.300 e. The van der Waals surface area contributed by atoms with Crippen molar-refractivity contribution in [3.63, 3.8) is 0 Å². The van der Waals surface area contributed by atoms with Crippen LogP contribution in [0.2, 0.25) is 0 Å². The predicted molar refractivity (Wildman–Crippen MR) is 52.2 cm³/mol. The van der Waals surface area contributed by atoms with Gasteiger partial charge in [0.25, 0.3) is 0 Å². The largest absolute Gasteiger partial charge is 0.300 e. The summed E-state index contributed by atoms with van der Waals surface area (Å²) in [5, 5.41) is 0. The Morgan fingerprint density at radius 1 is 1.17 bits per heavy atom. The molecule has 0 bridgehead atoms. The lowest BCUT2D eigenvalue weighted by molar-refractivity contribution is 0.142. The molecule has 2 aliphatic rings. The van der Waals surface area contributed by atoms with Gasteiger partial charge < -0.3 is 4.90 Å². The van der Waals surface area contributed by atoms with Crippen molar-refractivity contribution in [1.29, 1.82) is 0 Å². The van der Waals surface area contributed by atoms with Crippen molar-refractivity contribution >= 4 is 0 Å². The third-order valence-corrected chi connectivity index (χ3v) is 3.44. The highest BCUT2D eigenvalue weighted by molar-refractivity contribution is 4.88. The van der Waals surface area contributed by atoms with E-state index in [0.29, 0.717) is 0 Å². The average Bonchev–Trinajstić information content (AvgIpc) is 2.92. The molecular weight excluding hydrogens is 146 g/mol. The highest BCUT2D eigenvalue weighted by Gasteiger charge is 2.33. The molecule has 1 aliphatic heterocycles. The van der Waals surface area contributed by atoms with Crippen LogP contribution in [0.25, 0.3) is 0 Å². The molecule has 0 N–H and O–H groups in total. The van der Waals surface area contributed by atoms with Crippen molar-refractivity contribution in [2.45, 2.75) is 51.5 Å². The summed E-state index contributed by atoms with van der Waals surface area (Å²) in [5.41, 5.74) is 0. The lowest BCUT2D eigenvalue weighted by Gasteiger charge is -2.34. The van der Waals surface area contributed by atoms with Crippen molar-refractivity contribution in [2.24, 2.45) is 5.92 Å². The van der Waals surface area contributed by atoms with E-state index in [1.807, 2.05) is 0 Å². The molecule has 0 amide bonds. The Hall–Kier alpha value is -0.0400. The Kier molecular flexibility index (Phi) is 2.69. The van der Waals surface area contributed by atoms with Crippen LogP contribution in [0.5, 0.6) is 0 Å². The molecule has 2 fully saturated rings. The molecular formula is C11H21N. The zero-order valence-corrected chi connectivity index (χ0v) is 8.26. The van der Waals surface area contributed by atoms with E-state index in [1.54, 1.807) is 0 Å². The highest BCUT2D eigenvalue weighted by atomic mass is 15.2. The molecule has 0 aromatic carbocycles. The molecule has 0 spiro atoms. The molecule has 2 rings (SSSR count). The van der Waals surface area contributed by atoms with Crippen LogP contribution in [0, 0.1) is 5.92 Å². The van der Waals surface area contributed by atoms with Crippen molar-refractivity contribution in [2.75, 3.05) is 13.1 Å². The topological polar surface area (TPSA) is 3.24 Å². The molecule has 1 atom stereocenters. The second-order valence-electron chi connectivity index (χ2n) is 4.41. The molecule has 1 heterocycles. The van der Waals surface area contributed by atoms with Crippen LogP contribution in [-0.2, 0) is 0 Å². The van der Waals surface area contributed by atoms with Gasteiger partial charge in [-0.05, 0) is 51.1 Å². The van der Waals surface area contributed by atoms with Gasteiger partial charge in [-0.15, -0.1) is 0 Å². The summed E-state index contributed by atoms with van der Waals surface area (Å²) in [5.74, 6) is 1.08. The molecule has 12 heavy (non-hydrogen) atoms. The monoisotopic (exact) mass is 167 g/mol. The van der Waals surface area contributed by atoms with Crippen LogP contribution < -0.4 is 0 Å². The zero-order valence-electron chi connectivity index (χ0n) is 8.26. The molecule has 1 unspecified atom stereocenters. The Morgan fingerprint density at radius 3 is 2.33 bits per heavy atom. The third kappa shape index (κ3) is 1.82. The molecule has 1 saturated heterocycles. The van der Waals surface area contributed by atoms with Gasteiger partial charge in [-0.3, -0.25) is 0 Å². The maximum absolute atomic E-state index is 2.75. The standard InChI is InChI=1S/C11H21N/c1-2-11(10-6-7-10)12-8-4-3-5-9-12/h10-11H,2-9H2,1H3. The van der Waals surface area contributed by atoms with E-state index >= 15 is 0 Å². The van der Waals surface area contributed by atoms with Gasteiger partial charge in [0, 0.05) is 6.04 Å². The van der Waals surface area contributed by atoms with Crippen LogP contribution in [0.4, 0.5) is 0 Å². The maximum atomic E-state index is 2.75. The smallest absolute Gasteiger partial charge is 0.0121 e. The van der Waals surface area contributed by atoms with Gasteiger partial charge in [0.2, 0.25) is 0 Å². The fraction of sp³-hybridized carbons (Fsp3) is 1.00. The number of nitrogens with zero attached hydrogens (tertiary/aromatic N) is 1. The van der Waals surface area contributed by atoms with E-state index in [-0.39, 0.29) is 0 Å². The van der Waals surface area contributed by atoms with E-state index in [9.17, 15) is 0 Å². The number of hydrogen-bond acceptors (Lipinski definition) is 1. The molecule has 0 aromatic rings. The summed E-state index contributed by atoms with van der Waals surface area (Å²) in [4.78, 5) is 2.75. The molecule has 0 radical (unpaired) electrons. The summed E-state index contributed by atoms with van der Waals surface area (Å²) in [6, 6.07) is 0.949. The van der Waals surface area contributed by atoms with Gasteiger partial charge in [-0.1, -0.05) is 13.3 Å². The average molecular weight is 167 g/mol. The second kappa shape index (κ2) is 3.78. The lowest BCUT2D eigenvalue weighted by Crippen LogP contribution is -2.40.